The second-order valence-electron chi connectivity index (χ2n) is 9.04. The summed E-state index contributed by atoms with van der Waals surface area (Å²) in [5, 5.41) is 17.7. The predicted molar refractivity (Wildman–Crippen MR) is 144 cm³/mol. The quantitative estimate of drug-likeness (QED) is 0.0829. The number of carbonyl (C=O) groups excluding carboxylic acids is 2. The Bertz CT molecular complexity index is 690. The van der Waals surface area contributed by atoms with Crippen molar-refractivity contribution in [3.05, 3.63) is 0 Å². The average molecular weight is 580 g/mol. The van der Waals surface area contributed by atoms with Crippen molar-refractivity contribution in [1.82, 2.24) is 16.0 Å². The van der Waals surface area contributed by atoms with E-state index in [1.807, 2.05) is 11.8 Å². The van der Waals surface area contributed by atoms with Crippen LogP contribution < -0.4 is 16.0 Å². The first kappa shape index (κ1) is 33.5. The molecular weight excluding hydrogens is 534 g/mol. The van der Waals surface area contributed by atoms with Crippen LogP contribution in [-0.4, -0.2) is 132 Å². The van der Waals surface area contributed by atoms with Crippen molar-refractivity contribution in [2.24, 2.45) is 0 Å². The molecule has 2 saturated heterocycles. The molecule has 2 aliphatic heterocycles. The lowest BCUT2D eigenvalue weighted by Crippen LogP contribution is -2.36. The van der Waals surface area contributed by atoms with Crippen LogP contribution in [0, 0.1) is 0 Å². The molecular formula is C25H45N3O10S. The molecule has 0 spiro atoms. The Morgan fingerprint density at radius 3 is 1.87 bits per heavy atom. The standard InChI is InChI=1S/C25H45N3O10S/c29-22(4-2-1-3-21-24-20(19-39-21)27-25(32)28-24)26-6-8-34-10-12-36-14-16-38-18-17-37-15-13-35-11-9-33-7-5-23(30)31/h20-21,24H,1-19H2,(H,26,29)(H,30,31)(H2,27,28,32). The third kappa shape index (κ3) is 16.9. The smallest absolute Gasteiger partial charge is 0.315 e. The number of aliphatic carboxylic acids is 1. The van der Waals surface area contributed by atoms with Gasteiger partial charge in [0, 0.05) is 24.0 Å². The number of carboxylic acid groups (broad SMARTS) is 1. The number of thioether (sulfide) groups is 1. The first-order chi connectivity index (χ1) is 19.1. The van der Waals surface area contributed by atoms with Gasteiger partial charge in [0.1, 0.15) is 0 Å². The van der Waals surface area contributed by atoms with E-state index in [0.29, 0.717) is 90.9 Å². The Labute approximate surface area is 234 Å². The highest BCUT2D eigenvalue weighted by atomic mass is 32.2. The van der Waals surface area contributed by atoms with Crippen LogP contribution in [0.3, 0.4) is 0 Å². The fraction of sp³-hybridized carbons (Fsp3) is 0.880. The van der Waals surface area contributed by atoms with Gasteiger partial charge in [0.25, 0.3) is 0 Å². The molecule has 2 aliphatic rings. The highest BCUT2D eigenvalue weighted by Crippen LogP contribution is 2.33. The number of carboxylic acids is 1. The number of hydrogen-bond donors (Lipinski definition) is 4. The van der Waals surface area contributed by atoms with Crippen molar-refractivity contribution in [1.29, 1.82) is 0 Å². The maximum Gasteiger partial charge on any atom is 0.315 e. The Morgan fingerprint density at radius 2 is 1.31 bits per heavy atom. The Hall–Kier alpha value is -1.68. The van der Waals surface area contributed by atoms with E-state index in [1.165, 1.54) is 0 Å². The van der Waals surface area contributed by atoms with Gasteiger partial charge in [0.15, 0.2) is 0 Å². The monoisotopic (exact) mass is 579 g/mol. The van der Waals surface area contributed by atoms with Gasteiger partial charge >= 0.3 is 12.0 Å². The molecule has 39 heavy (non-hydrogen) atoms. The Kier molecular flexibility index (Phi) is 19.0. The van der Waals surface area contributed by atoms with Crippen molar-refractivity contribution in [3.8, 4) is 0 Å². The van der Waals surface area contributed by atoms with E-state index >= 15 is 0 Å². The fourth-order valence-electron chi connectivity index (χ4n) is 3.99. The largest absolute Gasteiger partial charge is 0.481 e. The zero-order valence-electron chi connectivity index (χ0n) is 22.7. The second kappa shape index (κ2) is 22.1. The normalized spacial score (nSPS) is 20.0. The SMILES string of the molecule is O=C(O)CCOCCOCCOCCOCCOCCOCCNC(=O)CCCCC1SCC2NC(=O)NC21. The number of urea groups is 1. The van der Waals surface area contributed by atoms with Gasteiger partial charge in [-0.25, -0.2) is 4.79 Å². The van der Waals surface area contributed by atoms with Crippen LogP contribution >= 0.6 is 11.8 Å². The van der Waals surface area contributed by atoms with E-state index in [2.05, 4.69) is 16.0 Å². The van der Waals surface area contributed by atoms with Crippen LogP contribution in [0.5, 0.6) is 0 Å². The fourth-order valence-corrected chi connectivity index (χ4v) is 5.53. The number of carbonyl (C=O) groups is 3. The topological polar surface area (TPSA) is 163 Å². The highest BCUT2D eigenvalue weighted by Gasteiger charge is 2.42. The molecule has 3 atom stereocenters. The number of rotatable bonds is 26. The molecule has 0 aromatic heterocycles. The van der Waals surface area contributed by atoms with Crippen molar-refractivity contribution in [3.63, 3.8) is 0 Å². The van der Waals surface area contributed by atoms with Crippen LogP contribution in [0.25, 0.3) is 0 Å². The van der Waals surface area contributed by atoms with E-state index in [0.717, 1.165) is 25.0 Å². The molecule has 0 aromatic rings. The molecule has 3 amide bonds. The van der Waals surface area contributed by atoms with E-state index < -0.39 is 5.97 Å². The predicted octanol–water partition coefficient (Wildman–Crippen LogP) is 0.403. The molecule has 0 saturated carbocycles. The number of ether oxygens (including phenoxy) is 6. The minimum absolute atomic E-state index is 0.00520. The summed E-state index contributed by atoms with van der Waals surface area (Å²) in [6, 6.07) is 0.405. The zero-order chi connectivity index (χ0) is 28.0. The molecule has 0 aliphatic carbocycles. The van der Waals surface area contributed by atoms with Gasteiger partial charge in [0.05, 0.1) is 97.8 Å². The number of fused-ring (bicyclic) bond motifs is 1. The molecule has 13 nitrogen and oxygen atoms in total. The maximum absolute atomic E-state index is 12.0. The summed E-state index contributed by atoms with van der Waals surface area (Å²) < 4.78 is 32.1. The van der Waals surface area contributed by atoms with Crippen molar-refractivity contribution in [2.75, 3.05) is 91.6 Å². The van der Waals surface area contributed by atoms with Gasteiger partial charge in [-0.3, -0.25) is 9.59 Å². The van der Waals surface area contributed by atoms with E-state index in [4.69, 9.17) is 33.5 Å². The lowest BCUT2D eigenvalue weighted by molar-refractivity contribution is -0.138. The molecule has 4 N–H and O–H groups in total. The Balaban J connectivity index is 1.22. The van der Waals surface area contributed by atoms with Crippen LogP contribution in [-0.2, 0) is 38.0 Å². The third-order valence-electron chi connectivity index (χ3n) is 5.97. The summed E-state index contributed by atoms with van der Waals surface area (Å²) in [5.74, 6) is 0.119. The van der Waals surface area contributed by atoms with Crippen LogP contribution in [0.2, 0.25) is 0 Å². The lowest BCUT2D eigenvalue weighted by atomic mass is 10.0. The summed E-state index contributed by atoms with van der Waals surface area (Å²) in [5.41, 5.74) is 0. The van der Waals surface area contributed by atoms with Gasteiger partial charge in [-0.05, 0) is 12.8 Å². The highest BCUT2D eigenvalue weighted by molar-refractivity contribution is 8.00. The van der Waals surface area contributed by atoms with Crippen molar-refractivity contribution < 1.29 is 47.9 Å². The van der Waals surface area contributed by atoms with E-state index in [1.54, 1.807) is 0 Å². The zero-order valence-corrected chi connectivity index (χ0v) is 23.5. The number of hydrogen-bond acceptors (Lipinski definition) is 10. The average Bonchev–Trinajstić information content (AvgIpc) is 3.46. The molecule has 226 valence electrons. The maximum atomic E-state index is 12.0. The number of nitrogens with one attached hydrogen (secondary N) is 3. The third-order valence-corrected chi connectivity index (χ3v) is 7.48. The summed E-state index contributed by atoms with van der Waals surface area (Å²) in [6.45, 7) is 5.55. The van der Waals surface area contributed by atoms with E-state index in [-0.39, 0.29) is 37.0 Å². The Morgan fingerprint density at radius 1 is 0.769 bits per heavy atom. The first-order valence-corrected chi connectivity index (χ1v) is 14.7. The summed E-state index contributed by atoms with van der Waals surface area (Å²) >= 11 is 1.90. The van der Waals surface area contributed by atoms with Crippen molar-refractivity contribution in [2.45, 2.75) is 49.4 Å². The van der Waals surface area contributed by atoms with Gasteiger partial charge in [-0.15, -0.1) is 0 Å². The van der Waals surface area contributed by atoms with E-state index in [9.17, 15) is 14.4 Å². The molecule has 2 heterocycles. The second-order valence-corrected chi connectivity index (χ2v) is 10.3. The molecule has 0 radical (unpaired) electrons. The number of amides is 3. The van der Waals surface area contributed by atoms with Crippen LogP contribution in [0.4, 0.5) is 4.79 Å². The summed E-state index contributed by atoms with van der Waals surface area (Å²) in [4.78, 5) is 33.7. The van der Waals surface area contributed by atoms with Gasteiger partial charge < -0.3 is 49.5 Å². The van der Waals surface area contributed by atoms with Gasteiger partial charge in [0.2, 0.25) is 5.91 Å². The van der Waals surface area contributed by atoms with Crippen LogP contribution in [0.15, 0.2) is 0 Å². The summed E-state index contributed by atoms with van der Waals surface area (Å²) in [6.07, 6.45) is 3.32. The molecule has 2 rings (SSSR count). The van der Waals surface area contributed by atoms with Crippen molar-refractivity contribution >= 4 is 29.7 Å². The van der Waals surface area contributed by atoms with Crippen LogP contribution in [0.1, 0.15) is 32.1 Å². The first-order valence-electron chi connectivity index (χ1n) is 13.7. The van der Waals surface area contributed by atoms with Gasteiger partial charge in [-0.2, -0.15) is 11.8 Å². The molecule has 3 unspecified atom stereocenters. The molecule has 2 fully saturated rings. The lowest BCUT2D eigenvalue weighted by Gasteiger charge is -2.16. The molecule has 0 bridgehead atoms. The molecule has 14 heteroatoms. The minimum Gasteiger partial charge on any atom is -0.481 e. The molecule has 0 aromatic carbocycles. The summed E-state index contributed by atoms with van der Waals surface area (Å²) in [7, 11) is 0. The van der Waals surface area contributed by atoms with Gasteiger partial charge in [-0.1, -0.05) is 6.42 Å². The minimum atomic E-state index is -0.877. The number of unbranched alkanes of at least 4 members (excludes halogenated alkanes) is 1.